The molecule has 0 bridgehead atoms. The van der Waals surface area contributed by atoms with Crippen LogP contribution in [0.1, 0.15) is 16.2 Å². The highest BCUT2D eigenvalue weighted by molar-refractivity contribution is 7.71. The normalized spacial score (nSPS) is 10.4. The molecular weight excluding hydrogens is 224 g/mol. The Hall–Kier alpha value is -1.75. The quantitative estimate of drug-likeness (QED) is 0.608. The molecule has 1 aromatic heterocycles. The zero-order valence-corrected chi connectivity index (χ0v) is 9.72. The number of hydrogen-bond donors (Lipinski definition) is 1. The number of fused-ring (bicyclic) bond motifs is 1. The van der Waals surface area contributed by atoms with Crippen molar-refractivity contribution in [3.8, 4) is 0 Å². The molecule has 16 heavy (non-hydrogen) atoms. The summed E-state index contributed by atoms with van der Waals surface area (Å²) in [5, 5.41) is 0.827. The molecule has 5 heteroatoms. The molecule has 0 unspecified atom stereocenters. The van der Waals surface area contributed by atoms with E-state index < -0.39 is 0 Å². The van der Waals surface area contributed by atoms with Gasteiger partial charge in [0.15, 0.2) is 0 Å². The molecule has 0 aliphatic carbocycles. The number of nitrogens with zero attached hydrogens (tertiary/aromatic N) is 1. The number of esters is 1. The van der Waals surface area contributed by atoms with E-state index in [9.17, 15) is 4.79 Å². The van der Waals surface area contributed by atoms with Gasteiger partial charge in [0, 0.05) is 5.39 Å². The van der Waals surface area contributed by atoms with E-state index in [1.165, 1.54) is 7.11 Å². The summed E-state index contributed by atoms with van der Waals surface area (Å²) in [6.45, 7) is 1.82. The average molecular weight is 234 g/mol. The summed E-state index contributed by atoms with van der Waals surface area (Å²) in [7, 11) is 1.35. The van der Waals surface area contributed by atoms with Crippen molar-refractivity contribution in [1.29, 1.82) is 0 Å². The molecule has 2 rings (SSSR count). The smallest absolute Gasteiger partial charge is 0.337 e. The summed E-state index contributed by atoms with van der Waals surface area (Å²) in [5.41, 5.74) is 1.28. The van der Waals surface area contributed by atoms with Gasteiger partial charge in [-0.3, -0.25) is 0 Å². The predicted molar refractivity (Wildman–Crippen MR) is 63.0 cm³/mol. The Morgan fingerprint density at radius 3 is 2.94 bits per heavy atom. The van der Waals surface area contributed by atoms with Crippen molar-refractivity contribution in [2.75, 3.05) is 7.11 Å². The van der Waals surface area contributed by atoms with Crippen LogP contribution in [-0.4, -0.2) is 23.0 Å². The molecule has 0 saturated heterocycles. The van der Waals surface area contributed by atoms with Crippen LogP contribution in [0.2, 0.25) is 0 Å². The van der Waals surface area contributed by atoms with Gasteiger partial charge < -0.3 is 9.72 Å². The third-order valence-corrected chi connectivity index (χ3v) is 2.57. The molecule has 1 aromatic carbocycles. The van der Waals surface area contributed by atoms with E-state index in [2.05, 4.69) is 14.7 Å². The van der Waals surface area contributed by atoms with Gasteiger partial charge >= 0.3 is 5.97 Å². The number of benzene rings is 1. The maximum absolute atomic E-state index is 11.3. The van der Waals surface area contributed by atoms with Gasteiger partial charge in [0.25, 0.3) is 0 Å². The van der Waals surface area contributed by atoms with Crippen LogP contribution >= 0.6 is 12.2 Å². The van der Waals surface area contributed by atoms with Gasteiger partial charge in [-0.2, -0.15) is 0 Å². The number of aromatic amines is 1. The van der Waals surface area contributed by atoms with Crippen molar-refractivity contribution >= 4 is 29.1 Å². The van der Waals surface area contributed by atoms with E-state index in [4.69, 9.17) is 12.2 Å². The molecule has 0 amide bonds. The van der Waals surface area contributed by atoms with Gasteiger partial charge in [0.2, 0.25) is 0 Å². The molecule has 1 N–H and O–H groups in total. The summed E-state index contributed by atoms with van der Waals surface area (Å²) in [4.78, 5) is 18.6. The van der Waals surface area contributed by atoms with E-state index in [1.807, 2.05) is 6.92 Å². The monoisotopic (exact) mass is 234 g/mol. The van der Waals surface area contributed by atoms with Crippen LogP contribution in [0.3, 0.4) is 0 Å². The first-order valence-corrected chi connectivity index (χ1v) is 5.11. The Bertz CT molecular complexity index is 619. The van der Waals surface area contributed by atoms with Crippen molar-refractivity contribution in [3.63, 3.8) is 0 Å². The van der Waals surface area contributed by atoms with E-state index in [0.29, 0.717) is 10.2 Å². The maximum Gasteiger partial charge on any atom is 0.337 e. The summed E-state index contributed by atoms with van der Waals surface area (Å²) in [5.74, 6) is 0.357. The number of carbonyl (C=O) groups excluding carboxylic acids is 1. The van der Waals surface area contributed by atoms with Crippen molar-refractivity contribution in [3.05, 3.63) is 34.2 Å². The third-order valence-electron chi connectivity index (χ3n) is 2.26. The Labute approximate surface area is 97.3 Å². The lowest BCUT2D eigenvalue weighted by molar-refractivity contribution is 0.0601. The van der Waals surface area contributed by atoms with Crippen LogP contribution in [0.5, 0.6) is 0 Å². The minimum Gasteiger partial charge on any atom is -0.465 e. The number of carbonyl (C=O) groups is 1. The Balaban J connectivity index is 2.71. The van der Waals surface area contributed by atoms with Crippen molar-refractivity contribution < 1.29 is 9.53 Å². The first-order valence-electron chi connectivity index (χ1n) is 4.71. The molecule has 0 atom stereocenters. The summed E-state index contributed by atoms with van der Waals surface area (Å²) in [6.07, 6.45) is 0. The first kappa shape index (κ1) is 10.8. The van der Waals surface area contributed by atoms with Gasteiger partial charge in [-0.15, -0.1) is 0 Å². The highest BCUT2D eigenvalue weighted by atomic mass is 32.1. The second kappa shape index (κ2) is 4.02. The van der Waals surface area contributed by atoms with Crippen molar-refractivity contribution in [2.45, 2.75) is 6.92 Å². The summed E-state index contributed by atoms with van der Waals surface area (Å²) in [6, 6.07) is 5.16. The largest absolute Gasteiger partial charge is 0.465 e. The van der Waals surface area contributed by atoms with Crippen molar-refractivity contribution in [2.24, 2.45) is 0 Å². The number of hydrogen-bond acceptors (Lipinski definition) is 4. The van der Waals surface area contributed by atoms with Crippen molar-refractivity contribution in [1.82, 2.24) is 9.97 Å². The second-order valence-corrected chi connectivity index (χ2v) is 3.77. The van der Waals surface area contributed by atoms with Gasteiger partial charge in [-0.25, -0.2) is 9.78 Å². The zero-order chi connectivity index (χ0) is 11.7. The molecule has 2 aromatic rings. The van der Waals surface area contributed by atoms with E-state index >= 15 is 0 Å². The highest BCUT2D eigenvalue weighted by Gasteiger charge is 2.07. The Kier molecular flexibility index (Phi) is 2.70. The number of methoxy groups -OCH3 is 1. The van der Waals surface area contributed by atoms with Crippen LogP contribution in [0.15, 0.2) is 18.2 Å². The topological polar surface area (TPSA) is 55.0 Å². The van der Waals surface area contributed by atoms with Gasteiger partial charge in [-0.1, -0.05) is 12.2 Å². The van der Waals surface area contributed by atoms with E-state index in [-0.39, 0.29) is 5.97 Å². The van der Waals surface area contributed by atoms with E-state index in [1.54, 1.807) is 18.2 Å². The third kappa shape index (κ3) is 1.81. The lowest BCUT2D eigenvalue weighted by atomic mass is 10.1. The number of nitrogens with one attached hydrogen (secondary N) is 1. The molecular formula is C11H10N2O2S. The minimum atomic E-state index is -0.365. The molecule has 4 nitrogen and oxygen atoms in total. The van der Waals surface area contributed by atoms with Crippen LogP contribution in [0.4, 0.5) is 0 Å². The molecule has 0 saturated carbocycles. The predicted octanol–water partition coefficient (Wildman–Crippen LogP) is 2.39. The minimum absolute atomic E-state index is 0.365. The fraction of sp³-hybridized carbons (Fsp3) is 0.182. The number of aromatic nitrogens is 2. The molecule has 0 aliphatic rings. The van der Waals surface area contributed by atoms with Crippen LogP contribution < -0.4 is 0 Å². The number of H-pyrrole nitrogens is 1. The molecule has 0 radical (unpaired) electrons. The SMILES string of the molecule is COC(=O)c1ccc2c(=S)nc(C)[nH]c2c1. The molecule has 0 fully saturated rings. The first-order chi connectivity index (χ1) is 7.61. The number of rotatable bonds is 1. The fourth-order valence-corrected chi connectivity index (χ4v) is 1.83. The van der Waals surface area contributed by atoms with Gasteiger partial charge in [-0.05, 0) is 25.1 Å². The van der Waals surface area contributed by atoms with E-state index in [0.717, 1.165) is 16.7 Å². The highest BCUT2D eigenvalue weighted by Crippen LogP contribution is 2.15. The zero-order valence-electron chi connectivity index (χ0n) is 8.90. The lowest BCUT2D eigenvalue weighted by Crippen LogP contribution is -2.01. The second-order valence-electron chi connectivity index (χ2n) is 3.38. The van der Waals surface area contributed by atoms with Gasteiger partial charge in [0.1, 0.15) is 10.5 Å². The molecule has 0 aliphatic heterocycles. The van der Waals surface area contributed by atoms with Gasteiger partial charge in [0.05, 0.1) is 18.2 Å². The molecule has 82 valence electrons. The fourth-order valence-electron chi connectivity index (χ4n) is 1.51. The number of ether oxygens (including phenoxy) is 1. The number of aryl methyl sites for hydroxylation is 1. The standard InChI is InChI=1S/C11H10N2O2S/c1-6-12-9-5-7(11(14)15-2)3-4-8(9)10(16)13-6/h3-5H,1-2H3,(H,12,13,16). The Morgan fingerprint density at radius 1 is 1.50 bits per heavy atom. The van der Waals surface area contributed by atoms with Crippen LogP contribution in [0, 0.1) is 11.6 Å². The van der Waals surface area contributed by atoms with Crippen LogP contribution in [0.25, 0.3) is 10.9 Å². The van der Waals surface area contributed by atoms with Crippen LogP contribution in [-0.2, 0) is 4.74 Å². The average Bonchev–Trinajstić information content (AvgIpc) is 2.27. The lowest BCUT2D eigenvalue weighted by Gasteiger charge is -2.03. The molecule has 1 heterocycles. The summed E-state index contributed by atoms with van der Waals surface area (Å²) >= 11 is 5.13. The molecule has 0 spiro atoms. The maximum atomic E-state index is 11.3. The Morgan fingerprint density at radius 2 is 2.25 bits per heavy atom. The summed E-state index contributed by atoms with van der Waals surface area (Å²) < 4.78 is 5.18.